The molecular weight excluding hydrogens is 308 g/mol. The molecule has 2 bridgehead atoms. The maximum Gasteiger partial charge on any atom is 0.106 e. The Morgan fingerprint density at radius 2 is 1.88 bits per heavy atom. The Hall–Kier alpha value is -1.65. The lowest BCUT2D eigenvalue weighted by Crippen LogP contribution is -2.40. The van der Waals surface area contributed by atoms with Gasteiger partial charge in [-0.25, -0.2) is 4.98 Å². The van der Waals surface area contributed by atoms with Gasteiger partial charge >= 0.3 is 0 Å². The number of imidazole rings is 1. The quantitative estimate of drug-likeness (QED) is 0.934. The molecule has 2 saturated heterocycles. The van der Waals surface area contributed by atoms with E-state index in [-0.39, 0.29) is 0 Å². The summed E-state index contributed by atoms with van der Waals surface area (Å²) in [5, 5.41) is 3.78. The molecule has 3 atom stereocenters. The van der Waals surface area contributed by atoms with Gasteiger partial charge in [-0.1, -0.05) is 30.3 Å². The maximum absolute atomic E-state index is 4.95. The van der Waals surface area contributed by atoms with Crippen LogP contribution in [0.5, 0.6) is 0 Å². The Morgan fingerprint density at radius 1 is 1.12 bits per heavy atom. The highest BCUT2D eigenvalue weighted by Crippen LogP contribution is 2.37. The van der Waals surface area contributed by atoms with E-state index in [0.717, 1.165) is 38.1 Å². The summed E-state index contributed by atoms with van der Waals surface area (Å²) in [4.78, 5) is 7.54. The second-order valence-electron chi connectivity index (χ2n) is 8.13. The molecule has 132 valence electrons. The average Bonchev–Trinajstić information content (AvgIpc) is 3.13. The zero-order valence-corrected chi connectivity index (χ0v) is 15.1. The van der Waals surface area contributed by atoms with E-state index in [2.05, 4.69) is 52.0 Å². The Bertz CT molecular complexity index is 739. The van der Waals surface area contributed by atoms with Crippen molar-refractivity contribution in [1.29, 1.82) is 0 Å². The van der Waals surface area contributed by atoms with Crippen LogP contribution in [0, 0.1) is 6.92 Å². The van der Waals surface area contributed by atoms with Crippen LogP contribution < -0.4 is 5.32 Å². The van der Waals surface area contributed by atoms with E-state index < -0.39 is 0 Å². The van der Waals surface area contributed by atoms with Crippen molar-refractivity contribution in [2.45, 2.75) is 70.2 Å². The van der Waals surface area contributed by atoms with Gasteiger partial charge in [-0.05, 0) is 38.2 Å². The molecule has 0 saturated carbocycles. The van der Waals surface area contributed by atoms with Gasteiger partial charge in [0.1, 0.15) is 5.82 Å². The van der Waals surface area contributed by atoms with Crippen LogP contribution in [-0.4, -0.2) is 33.1 Å². The summed E-state index contributed by atoms with van der Waals surface area (Å²) in [6.07, 6.45) is 6.36. The van der Waals surface area contributed by atoms with Crippen molar-refractivity contribution in [3.63, 3.8) is 0 Å². The molecule has 0 aliphatic carbocycles. The summed E-state index contributed by atoms with van der Waals surface area (Å²) >= 11 is 0. The highest BCUT2D eigenvalue weighted by Gasteiger charge is 2.36. The number of hydrogen-bond acceptors (Lipinski definition) is 3. The van der Waals surface area contributed by atoms with Crippen molar-refractivity contribution in [3.8, 4) is 0 Å². The predicted octanol–water partition coefficient (Wildman–Crippen LogP) is 3.21. The minimum atomic E-state index is 0.645. The van der Waals surface area contributed by atoms with Crippen LogP contribution in [0.2, 0.25) is 0 Å². The van der Waals surface area contributed by atoms with Crippen molar-refractivity contribution >= 4 is 0 Å². The van der Waals surface area contributed by atoms with Gasteiger partial charge < -0.3 is 9.88 Å². The zero-order valence-electron chi connectivity index (χ0n) is 15.1. The van der Waals surface area contributed by atoms with Gasteiger partial charge in [0, 0.05) is 44.2 Å². The molecule has 0 spiro atoms. The average molecular weight is 336 g/mol. The number of hydrogen-bond donors (Lipinski definition) is 1. The van der Waals surface area contributed by atoms with E-state index in [0.29, 0.717) is 6.04 Å². The second kappa shape index (κ2) is 6.26. The largest absolute Gasteiger partial charge is 0.328 e. The number of piperidine rings is 1. The summed E-state index contributed by atoms with van der Waals surface area (Å²) < 4.78 is 2.61. The van der Waals surface area contributed by atoms with Crippen LogP contribution in [0.1, 0.15) is 54.5 Å². The highest BCUT2D eigenvalue weighted by atomic mass is 15.2. The molecule has 5 rings (SSSR count). The van der Waals surface area contributed by atoms with Gasteiger partial charge in [0.05, 0.1) is 11.4 Å². The van der Waals surface area contributed by atoms with Crippen molar-refractivity contribution in [1.82, 2.24) is 19.8 Å². The molecule has 1 aromatic heterocycles. The zero-order chi connectivity index (χ0) is 16.8. The molecule has 3 aliphatic rings. The normalized spacial score (nSPS) is 28.9. The third-order valence-corrected chi connectivity index (χ3v) is 6.37. The number of rotatable bonds is 3. The first kappa shape index (κ1) is 15.6. The third kappa shape index (κ3) is 2.91. The molecule has 2 fully saturated rings. The van der Waals surface area contributed by atoms with Gasteiger partial charge in [0.15, 0.2) is 0 Å². The van der Waals surface area contributed by atoms with E-state index in [4.69, 9.17) is 4.98 Å². The van der Waals surface area contributed by atoms with Gasteiger partial charge in [-0.15, -0.1) is 0 Å². The van der Waals surface area contributed by atoms with Gasteiger partial charge in [-0.2, -0.15) is 0 Å². The molecule has 4 heteroatoms. The molecule has 3 aliphatic heterocycles. The number of aromatic nitrogens is 2. The molecular formula is C21H28N4. The molecule has 2 aromatic rings. The number of fused-ring (bicyclic) bond motifs is 3. The summed E-state index contributed by atoms with van der Waals surface area (Å²) in [6, 6.07) is 13.0. The van der Waals surface area contributed by atoms with Crippen molar-refractivity contribution in [2.75, 3.05) is 6.54 Å². The van der Waals surface area contributed by atoms with Gasteiger partial charge in [0.2, 0.25) is 0 Å². The molecule has 4 nitrogen and oxygen atoms in total. The van der Waals surface area contributed by atoms with Crippen molar-refractivity contribution in [2.24, 2.45) is 0 Å². The smallest absolute Gasteiger partial charge is 0.106 e. The Balaban J connectivity index is 1.39. The Morgan fingerprint density at radius 3 is 2.64 bits per heavy atom. The second-order valence-corrected chi connectivity index (χ2v) is 8.13. The lowest BCUT2D eigenvalue weighted by atomic mass is 9.98. The van der Waals surface area contributed by atoms with Crippen molar-refractivity contribution in [3.05, 3.63) is 53.1 Å². The first-order chi connectivity index (χ1) is 12.3. The van der Waals surface area contributed by atoms with Gasteiger partial charge in [-0.3, -0.25) is 4.90 Å². The molecule has 0 radical (unpaired) electrons. The number of benzene rings is 1. The first-order valence-electron chi connectivity index (χ1n) is 9.85. The monoisotopic (exact) mass is 336 g/mol. The highest BCUT2D eigenvalue weighted by molar-refractivity contribution is 5.23. The topological polar surface area (TPSA) is 33.1 Å². The molecule has 0 unspecified atom stereocenters. The standard InChI is InChI=1S/C21H28N4/c1-15-22-20-9-10-24(13-16-5-3-2-4-6-16)14-21(20)25(15)19-11-17-7-8-18(12-19)23-17/h2-6,17-19,23H,7-14H2,1H3/t17-,18+,19+. The molecule has 25 heavy (non-hydrogen) atoms. The summed E-state index contributed by atoms with van der Waals surface area (Å²) in [6.45, 7) is 5.42. The Kier molecular flexibility index (Phi) is 3.90. The summed E-state index contributed by atoms with van der Waals surface area (Å²) in [5.41, 5.74) is 4.26. The lowest BCUT2D eigenvalue weighted by molar-refractivity contribution is 0.224. The summed E-state index contributed by atoms with van der Waals surface area (Å²) in [7, 11) is 0. The lowest BCUT2D eigenvalue weighted by Gasteiger charge is -2.34. The van der Waals surface area contributed by atoms with Crippen LogP contribution >= 0.6 is 0 Å². The van der Waals surface area contributed by atoms with Gasteiger partial charge in [0.25, 0.3) is 0 Å². The summed E-state index contributed by atoms with van der Waals surface area (Å²) in [5.74, 6) is 1.23. The van der Waals surface area contributed by atoms with E-state index >= 15 is 0 Å². The van der Waals surface area contributed by atoms with E-state index in [1.54, 1.807) is 0 Å². The fourth-order valence-electron chi connectivity index (χ4n) is 5.27. The van der Waals surface area contributed by atoms with E-state index in [1.807, 2.05) is 0 Å². The Labute approximate surface area is 150 Å². The third-order valence-electron chi connectivity index (χ3n) is 6.37. The minimum absolute atomic E-state index is 0.645. The molecule has 0 amide bonds. The number of aryl methyl sites for hydroxylation is 1. The SMILES string of the molecule is Cc1nc2c(n1[C@H]1C[C@H]3CC[C@@H](C1)N3)CN(Cc1ccccc1)CC2. The fourth-order valence-corrected chi connectivity index (χ4v) is 5.27. The van der Waals surface area contributed by atoms with Crippen LogP contribution in [0.15, 0.2) is 30.3 Å². The first-order valence-corrected chi connectivity index (χ1v) is 9.85. The minimum Gasteiger partial charge on any atom is -0.328 e. The van der Waals surface area contributed by atoms with Crippen LogP contribution in [0.25, 0.3) is 0 Å². The number of nitrogens with one attached hydrogen (secondary N) is 1. The fraction of sp³-hybridized carbons (Fsp3) is 0.571. The van der Waals surface area contributed by atoms with Crippen LogP contribution in [-0.2, 0) is 19.5 Å². The molecule has 1 aromatic carbocycles. The van der Waals surface area contributed by atoms with E-state index in [9.17, 15) is 0 Å². The predicted molar refractivity (Wildman–Crippen MR) is 99.4 cm³/mol. The molecule has 4 heterocycles. The van der Waals surface area contributed by atoms with E-state index in [1.165, 1.54) is 48.5 Å². The van der Waals surface area contributed by atoms with Crippen LogP contribution in [0.4, 0.5) is 0 Å². The van der Waals surface area contributed by atoms with Crippen LogP contribution in [0.3, 0.4) is 0 Å². The molecule has 1 N–H and O–H groups in total. The van der Waals surface area contributed by atoms with Crippen molar-refractivity contribution < 1.29 is 0 Å². The maximum atomic E-state index is 4.95. The number of nitrogens with zero attached hydrogens (tertiary/aromatic N) is 3.